The van der Waals surface area contributed by atoms with Crippen LogP contribution in [0, 0.1) is 0 Å². The van der Waals surface area contributed by atoms with Crippen molar-refractivity contribution >= 4 is 0 Å². The molecule has 10 heteroatoms. The Kier molecular flexibility index (Phi) is 6.78. The molecule has 2 aliphatic heterocycles. The van der Waals surface area contributed by atoms with Crippen LogP contribution in [0.25, 0.3) is 0 Å². The number of rotatable bonds is 7. The van der Waals surface area contributed by atoms with Crippen LogP contribution in [0.4, 0.5) is 0 Å². The Labute approximate surface area is 151 Å². The number of aliphatic hydroxyl groups is 6. The first-order valence-corrected chi connectivity index (χ1v) is 8.30. The number of ether oxygens (including phenoxy) is 4. The van der Waals surface area contributed by atoms with Gasteiger partial charge in [0.25, 0.3) is 0 Å². The molecule has 2 aliphatic rings. The average molecular weight is 380 g/mol. The van der Waals surface area contributed by atoms with Gasteiger partial charge in [0, 0.05) is 0 Å². The largest absolute Gasteiger partial charge is 0.393 e. The van der Waals surface area contributed by atoms with Gasteiger partial charge in [-0.1, -0.05) is 6.08 Å². The van der Waals surface area contributed by atoms with E-state index in [1.165, 1.54) is 6.08 Å². The van der Waals surface area contributed by atoms with Crippen LogP contribution >= 0.6 is 0 Å². The molecule has 10 nitrogen and oxygen atoms in total. The van der Waals surface area contributed by atoms with Gasteiger partial charge in [-0.05, 0) is 13.8 Å². The standard InChI is InChI=1S/C16H28O10/c1-4-15(2,3)26-13-11(20)10(19)9(18)8(25-13)5-23-14-12(21)16(22,6-17)7-24-14/h4,8-14,17-22H,1,5-7H2,2-3H3/t8-,9-,10+,11-,12+,13+,14-,16-/m1/s1. The molecule has 0 radical (unpaired) electrons. The molecule has 0 amide bonds. The van der Waals surface area contributed by atoms with E-state index in [-0.39, 0.29) is 13.2 Å². The summed E-state index contributed by atoms with van der Waals surface area (Å²) in [4.78, 5) is 0. The first-order chi connectivity index (χ1) is 12.0. The lowest BCUT2D eigenvalue weighted by molar-refractivity contribution is -0.324. The zero-order valence-corrected chi connectivity index (χ0v) is 14.8. The van der Waals surface area contributed by atoms with Gasteiger partial charge in [0.1, 0.15) is 36.1 Å². The van der Waals surface area contributed by atoms with Crippen molar-refractivity contribution < 1.29 is 49.6 Å². The predicted octanol–water partition coefficient (Wildman–Crippen LogP) is -2.77. The molecule has 0 bridgehead atoms. The minimum atomic E-state index is -1.84. The van der Waals surface area contributed by atoms with Crippen LogP contribution in [0.5, 0.6) is 0 Å². The Balaban J connectivity index is 1.98. The minimum Gasteiger partial charge on any atom is -0.393 e. The molecule has 0 unspecified atom stereocenters. The molecule has 0 aromatic rings. The summed E-state index contributed by atoms with van der Waals surface area (Å²) in [6.07, 6.45) is -8.14. The minimum absolute atomic E-state index is 0.329. The van der Waals surface area contributed by atoms with E-state index >= 15 is 0 Å². The Morgan fingerprint density at radius 2 is 1.81 bits per heavy atom. The molecule has 0 saturated carbocycles. The summed E-state index contributed by atoms with van der Waals surface area (Å²) in [5.41, 5.74) is -2.70. The first-order valence-electron chi connectivity index (χ1n) is 8.30. The van der Waals surface area contributed by atoms with E-state index in [0.29, 0.717) is 0 Å². The molecule has 0 aliphatic carbocycles. The van der Waals surface area contributed by atoms with E-state index in [4.69, 9.17) is 24.1 Å². The summed E-state index contributed by atoms with van der Waals surface area (Å²) in [5, 5.41) is 59.1. The number of hydrogen-bond acceptors (Lipinski definition) is 10. The van der Waals surface area contributed by atoms with Gasteiger partial charge in [0.2, 0.25) is 0 Å². The summed E-state index contributed by atoms with van der Waals surface area (Å²) in [6, 6.07) is 0. The van der Waals surface area contributed by atoms with Crippen LogP contribution in [0.15, 0.2) is 12.7 Å². The van der Waals surface area contributed by atoms with Crippen LogP contribution in [0.1, 0.15) is 13.8 Å². The summed E-state index contributed by atoms with van der Waals surface area (Å²) >= 11 is 0. The van der Waals surface area contributed by atoms with Crippen LogP contribution < -0.4 is 0 Å². The normalized spacial score (nSPS) is 44.2. The Bertz CT molecular complexity index is 486. The van der Waals surface area contributed by atoms with Gasteiger partial charge in [-0.15, -0.1) is 6.58 Å². The molecule has 26 heavy (non-hydrogen) atoms. The van der Waals surface area contributed by atoms with Gasteiger partial charge >= 0.3 is 0 Å². The van der Waals surface area contributed by atoms with E-state index in [1.807, 2.05) is 0 Å². The summed E-state index contributed by atoms with van der Waals surface area (Å²) in [7, 11) is 0. The van der Waals surface area contributed by atoms with Gasteiger partial charge in [-0.25, -0.2) is 0 Å². The molecule has 152 valence electrons. The molecule has 2 saturated heterocycles. The maximum atomic E-state index is 10.1. The smallest absolute Gasteiger partial charge is 0.187 e. The second-order valence-electron chi connectivity index (χ2n) is 7.16. The summed E-state index contributed by atoms with van der Waals surface area (Å²) < 4.78 is 21.5. The molecular formula is C16H28O10. The van der Waals surface area contributed by atoms with E-state index in [2.05, 4.69) is 6.58 Å². The number of aliphatic hydroxyl groups excluding tert-OH is 5. The van der Waals surface area contributed by atoms with Gasteiger partial charge in [0.15, 0.2) is 12.6 Å². The molecule has 6 N–H and O–H groups in total. The van der Waals surface area contributed by atoms with Crippen molar-refractivity contribution in [3.05, 3.63) is 12.7 Å². The molecule has 2 heterocycles. The Morgan fingerprint density at radius 1 is 1.15 bits per heavy atom. The molecule has 0 aromatic heterocycles. The second-order valence-corrected chi connectivity index (χ2v) is 7.16. The maximum Gasteiger partial charge on any atom is 0.187 e. The molecular weight excluding hydrogens is 352 g/mol. The van der Waals surface area contributed by atoms with Crippen molar-refractivity contribution in [1.29, 1.82) is 0 Å². The van der Waals surface area contributed by atoms with Crippen molar-refractivity contribution in [2.24, 2.45) is 0 Å². The fourth-order valence-corrected chi connectivity index (χ4v) is 2.62. The fourth-order valence-electron chi connectivity index (χ4n) is 2.62. The zero-order chi connectivity index (χ0) is 19.7. The van der Waals surface area contributed by atoms with E-state index < -0.39 is 60.9 Å². The zero-order valence-electron chi connectivity index (χ0n) is 14.8. The van der Waals surface area contributed by atoms with Crippen LogP contribution in [-0.2, 0) is 18.9 Å². The van der Waals surface area contributed by atoms with Gasteiger partial charge < -0.3 is 49.6 Å². The van der Waals surface area contributed by atoms with Crippen molar-refractivity contribution in [1.82, 2.24) is 0 Å². The Hall–Kier alpha value is -0.660. The lowest BCUT2D eigenvalue weighted by atomic mass is 9.98. The van der Waals surface area contributed by atoms with E-state index in [1.54, 1.807) is 13.8 Å². The predicted molar refractivity (Wildman–Crippen MR) is 85.8 cm³/mol. The molecule has 2 rings (SSSR count). The second kappa shape index (κ2) is 8.15. The quantitative estimate of drug-likeness (QED) is 0.255. The van der Waals surface area contributed by atoms with Crippen molar-refractivity contribution in [3.63, 3.8) is 0 Å². The monoisotopic (exact) mass is 380 g/mol. The van der Waals surface area contributed by atoms with Gasteiger partial charge in [0.05, 0.1) is 25.4 Å². The van der Waals surface area contributed by atoms with E-state index in [0.717, 1.165) is 0 Å². The SMILES string of the molecule is C=CC(C)(C)O[C@@H]1O[C@H](CO[C@@H]2OC[C@](O)(CO)[C@H]2O)[C@@H](O)[C@H](O)[C@H]1O. The van der Waals surface area contributed by atoms with Crippen molar-refractivity contribution in [3.8, 4) is 0 Å². The highest BCUT2D eigenvalue weighted by atomic mass is 16.7. The van der Waals surface area contributed by atoms with Crippen molar-refractivity contribution in [2.75, 3.05) is 19.8 Å². The van der Waals surface area contributed by atoms with E-state index in [9.17, 15) is 25.5 Å². The van der Waals surface area contributed by atoms with Crippen LogP contribution in [-0.4, -0.2) is 105 Å². The highest BCUT2D eigenvalue weighted by Gasteiger charge is 2.50. The molecule has 0 aromatic carbocycles. The third-order valence-corrected chi connectivity index (χ3v) is 4.58. The Morgan fingerprint density at radius 3 is 2.35 bits per heavy atom. The van der Waals surface area contributed by atoms with Gasteiger partial charge in [-0.3, -0.25) is 0 Å². The summed E-state index contributed by atoms with van der Waals surface area (Å²) in [5.74, 6) is 0. The fraction of sp³-hybridized carbons (Fsp3) is 0.875. The van der Waals surface area contributed by atoms with Crippen LogP contribution in [0.3, 0.4) is 0 Å². The van der Waals surface area contributed by atoms with Crippen LogP contribution in [0.2, 0.25) is 0 Å². The molecule has 8 atom stereocenters. The van der Waals surface area contributed by atoms with Crippen molar-refractivity contribution in [2.45, 2.75) is 68.1 Å². The molecule has 0 spiro atoms. The third kappa shape index (κ3) is 4.42. The number of hydrogen-bond donors (Lipinski definition) is 6. The average Bonchev–Trinajstić information content (AvgIpc) is 2.90. The topological polar surface area (TPSA) is 158 Å². The third-order valence-electron chi connectivity index (χ3n) is 4.58. The lowest BCUT2D eigenvalue weighted by Gasteiger charge is -2.42. The highest BCUT2D eigenvalue weighted by molar-refractivity contribution is 4.96. The van der Waals surface area contributed by atoms with Gasteiger partial charge in [-0.2, -0.15) is 0 Å². The maximum absolute atomic E-state index is 10.1. The molecule has 2 fully saturated rings. The lowest BCUT2D eigenvalue weighted by Crippen LogP contribution is -2.60. The highest BCUT2D eigenvalue weighted by Crippen LogP contribution is 2.29. The first kappa shape index (κ1) is 21.6. The summed E-state index contributed by atoms with van der Waals surface area (Å²) in [6.45, 7) is 5.59.